The van der Waals surface area contributed by atoms with E-state index >= 15 is 0 Å². The minimum absolute atomic E-state index is 0.208. The molecule has 1 aliphatic rings. The molecule has 0 saturated carbocycles. The summed E-state index contributed by atoms with van der Waals surface area (Å²) in [6.45, 7) is 9.05. The number of allylic oxidation sites excluding steroid dienone is 2. The first-order valence-electron chi connectivity index (χ1n) is 16.7. The Bertz CT molecular complexity index is 1770. The first kappa shape index (κ1) is 34.7. The average Bonchev–Trinajstić information content (AvgIpc) is 3.88. The van der Waals surface area contributed by atoms with Crippen LogP contribution in [0, 0.1) is 36.5 Å². The molecule has 6 heteroatoms. The Hall–Kier alpha value is -2.61. The number of carbonyl (C=O) groups excluding carboxylic acids is 2. The van der Waals surface area contributed by atoms with Crippen molar-refractivity contribution in [3.05, 3.63) is 55.6 Å². The molecule has 4 heterocycles. The van der Waals surface area contributed by atoms with E-state index in [0.717, 1.165) is 90.0 Å². The fraction of sp³-hybridized carbons (Fsp3) is 0.450. The number of fused-ring (bicyclic) bond motifs is 2. The van der Waals surface area contributed by atoms with Gasteiger partial charge in [0.1, 0.15) is 0 Å². The van der Waals surface area contributed by atoms with E-state index in [4.69, 9.17) is 12.8 Å². The SMILES string of the molecule is C#Cc1c2cc(C3(CC(CC)CCCC)C=C(C=O)SC3)sc2c(C#C)c2cc(-c3sc(C=O)cc3CC(CC)CCCC)sc12. The van der Waals surface area contributed by atoms with Gasteiger partial charge < -0.3 is 0 Å². The zero-order chi connectivity index (χ0) is 32.8. The van der Waals surface area contributed by atoms with Crippen LogP contribution in [0.4, 0.5) is 0 Å². The topological polar surface area (TPSA) is 34.1 Å². The minimum atomic E-state index is -0.208. The molecule has 1 aliphatic heterocycles. The van der Waals surface area contributed by atoms with Gasteiger partial charge in [0.25, 0.3) is 0 Å². The smallest absolute Gasteiger partial charge is 0.160 e. The zero-order valence-corrected chi connectivity index (χ0v) is 30.8. The van der Waals surface area contributed by atoms with Crippen LogP contribution < -0.4 is 0 Å². The van der Waals surface area contributed by atoms with Crippen molar-refractivity contribution in [1.82, 2.24) is 0 Å². The largest absolute Gasteiger partial charge is 0.297 e. The van der Waals surface area contributed by atoms with Crippen molar-refractivity contribution in [1.29, 1.82) is 0 Å². The summed E-state index contributed by atoms with van der Waals surface area (Å²) >= 11 is 6.71. The Kier molecular flexibility index (Phi) is 11.7. The monoisotopic (exact) mass is 684 g/mol. The third-order valence-electron chi connectivity index (χ3n) is 9.68. The van der Waals surface area contributed by atoms with Gasteiger partial charge >= 0.3 is 0 Å². The summed E-state index contributed by atoms with van der Waals surface area (Å²) in [5.41, 5.74) is 2.83. The highest BCUT2D eigenvalue weighted by Crippen LogP contribution is 2.52. The highest BCUT2D eigenvalue weighted by molar-refractivity contribution is 8.04. The molecule has 3 atom stereocenters. The Morgan fingerprint density at radius 3 is 2.09 bits per heavy atom. The Morgan fingerprint density at radius 2 is 1.50 bits per heavy atom. The molecule has 0 bridgehead atoms. The van der Waals surface area contributed by atoms with E-state index in [1.54, 1.807) is 45.8 Å². The number of thiophene rings is 3. The van der Waals surface area contributed by atoms with Crippen molar-refractivity contribution in [2.75, 3.05) is 5.75 Å². The van der Waals surface area contributed by atoms with Crippen LogP contribution in [-0.2, 0) is 16.6 Å². The molecule has 46 heavy (non-hydrogen) atoms. The lowest BCUT2D eigenvalue weighted by molar-refractivity contribution is -0.104. The molecule has 2 nitrogen and oxygen atoms in total. The quantitative estimate of drug-likeness (QED) is 0.0870. The fourth-order valence-corrected chi connectivity index (χ4v) is 11.9. The van der Waals surface area contributed by atoms with Crippen molar-refractivity contribution in [2.45, 2.75) is 97.3 Å². The van der Waals surface area contributed by atoms with Crippen molar-refractivity contribution in [3.63, 3.8) is 0 Å². The summed E-state index contributed by atoms with van der Waals surface area (Å²) in [4.78, 5) is 29.0. The summed E-state index contributed by atoms with van der Waals surface area (Å²) in [6.07, 6.45) is 28.3. The van der Waals surface area contributed by atoms with E-state index in [0.29, 0.717) is 11.8 Å². The van der Waals surface area contributed by atoms with Crippen LogP contribution in [0.5, 0.6) is 0 Å². The predicted octanol–water partition coefficient (Wildman–Crippen LogP) is 12.1. The van der Waals surface area contributed by atoms with E-state index in [2.05, 4.69) is 63.8 Å². The van der Waals surface area contributed by atoms with Crippen molar-refractivity contribution in [2.24, 2.45) is 11.8 Å². The molecule has 0 spiro atoms. The van der Waals surface area contributed by atoms with E-state index < -0.39 is 0 Å². The van der Waals surface area contributed by atoms with Crippen LogP contribution in [0.2, 0.25) is 0 Å². The second kappa shape index (κ2) is 15.5. The summed E-state index contributed by atoms with van der Waals surface area (Å²) in [5, 5.41) is 2.07. The second-order valence-corrected chi connectivity index (χ2v) is 17.0. The lowest BCUT2D eigenvalue weighted by Gasteiger charge is -2.30. The maximum atomic E-state index is 11.9. The van der Waals surface area contributed by atoms with Crippen molar-refractivity contribution in [3.8, 4) is 34.4 Å². The number of benzene rings is 1. The number of aldehydes is 2. The van der Waals surface area contributed by atoms with Gasteiger partial charge in [-0.2, -0.15) is 0 Å². The summed E-state index contributed by atoms with van der Waals surface area (Å²) in [7, 11) is 0. The summed E-state index contributed by atoms with van der Waals surface area (Å²) in [5.74, 6) is 8.17. The third-order valence-corrected chi connectivity index (χ3v) is 14.7. The van der Waals surface area contributed by atoms with Gasteiger partial charge in [-0.25, -0.2) is 0 Å². The third kappa shape index (κ3) is 6.84. The van der Waals surface area contributed by atoms with Gasteiger partial charge in [0.15, 0.2) is 12.6 Å². The predicted molar refractivity (Wildman–Crippen MR) is 205 cm³/mol. The highest BCUT2D eigenvalue weighted by atomic mass is 32.2. The van der Waals surface area contributed by atoms with Crippen LogP contribution in [-0.4, -0.2) is 18.3 Å². The fourth-order valence-electron chi connectivity index (χ4n) is 6.99. The Labute approximate surface area is 291 Å². The normalized spacial score (nSPS) is 17.6. The van der Waals surface area contributed by atoms with Crippen LogP contribution in [0.1, 0.15) is 117 Å². The molecule has 4 aromatic rings. The van der Waals surface area contributed by atoms with Crippen LogP contribution in [0.15, 0.2) is 29.2 Å². The highest BCUT2D eigenvalue weighted by Gasteiger charge is 2.39. The first-order chi connectivity index (χ1) is 22.4. The van der Waals surface area contributed by atoms with Gasteiger partial charge in [0.05, 0.1) is 25.4 Å². The van der Waals surface area contributed by atoms with Gasteiger partial charge in [-0.1, -0.05) is 97.0 Å². The van der Waals surface area contributed by atoms with E-state index in [1.165, 1.54) is 53.8 Å². The average molecular weight is 685 g/mol. The van der Waals surface area contributed by atoms with E-state index in [9.17, 15) is 9.59 Å². The zero-order valence-electron chi connectivity index (χ0n) is 27.5. The minimum Gasteiger partial charge on any atom is -0.297 e. The van der Waals surface area contributed by atoms with Gasteiger partial charge in [-0.3, -0.25) is 9.59 Å². The lowest BCUT2D eigenvalue weighted by Crippen LogP contribution is -2.26. The molecule has 1 aromatic carbocycles. The molecule has 0 radical (unpaired) electrons. The molecular formula is C40H44O2S4. The molecule has 3 aromatic heterocycles. The molecule has 3 unspecified atom stereocenters. The van der Waals surface area contributed by atoms with Crippen molar-refractivity contribution >= 4 is 78.5 Å². The maximum absolute atomic E-state index is 11.9. The number of carbonyl (C=O) groups is 2. The van der Waals surface area contributed by atoms with E-state index in [1.807, 2.05) is 0 Å². The number of thioether (sulfide) groups is 1. The number of hydrogen-bond acceptors (Lipinski definition) is 6. The number of rotatable bonds is 16. The molecule has 0 fully saturated rings. The maximum Gasteiger partial charge on any atom is 0.160 e. The number of terminal acetylenes is 2. The van der Waals surface area contributed by atoms with Crippen LogP contribution in [0.3, 0.4) is 0 Å². The van der Waals surface area contributed by atoms with Crippen LogP contribution in [0.25, 0.3) is 29.9 Å². The Morgan fingerprint density at radius 1 is 0.848 bits per heavy atom. The molecule has 0 aliphatic carbocycles. The standard InChI is InChI=1S/C40H44O2S4/c1-7-13-15-26(9-3)17-28-18-29(23-41)44-37(28)35-19-33-31(11-5)39-34(32(12-6)38(33)45-35)20-36(46-39)40(22-30(24-42)43-25-40)21-27(10-4)16-14-8-2/h5-6,18-20,22-24,26-27H,7-10,13-17,21,25H2,1-4H3. The van der Waals surface area contributed by atoms with Gasteiger partial charge in [-0.15, -0.1) is 58.6 Å². The molecule has 0 saturated heterocycles. The van der Waals surface area contributed by atoms with Gasteiger partial charge in [-0.05, 0) is 48.4 Å². The molecule has 0 amide bonds. The molecule has 0 N–H and O–H groups in total. The first-order valence-corrected chi connectivity index (χ1v) is 20.2. The number of unbranched alkanes of at least 4 members (excludes halogenated alkanes) is 2. The summed E-state index contributed by atoms with van der Waals surface area (Å²) < 4.78 is 2.10. The lowest BCUT2D eigenvalue weighted by atomic mass is 9.76. The summed E-state index contributed by atoms with van der Waals surface area (Å²) in [6, 6.07) is 6.59. The van der Waals surface area contributed by atoms with Crippen molar-refractivity contribution < 1.29 is 9.59 Å². The van der Waals surface area contributed by atoms with Crippen LogP contribution >= 0.6 is 45.8 Å². The van der Waals surface area contributed by atoms with Gasteiger partial charge in [0, 0.05) is 41.5 Å². The Balaban J connectivity index is 1.65. The second-order valence-electron chi connectivity index (χ2n) is 12.7. The molecule has 240 valence electrons. The number of hydrogen-bond donors (Lipinski definition) is 0. The van der Waals surface area contributed by atoms with Gasteiger partial charge in [0.2, 0.25) is 0 Å². The van der Waals surface area contributed by atoms with E-state index in [-0.39, 0.29) is 5.41 Å². The molecular weight excluding hydrogens is 641 g/mol. The molecule has 5 rings (SSSR count).